The van der Waals surface area contributed by atoms with Crippen LogP contribution in [0, 0.1) is 0 Å². The maximum atomic E-state index is 4.97. The lowest BCUT2D eigenvalue weighted by molar-refractivity contribution is 0.920. The van der Waals surface area contributed by atoms with Gasteiger partial charge in [0.15, 0.2) is 16.8 Å². The van der Waals surface area contributed by atoms with Gasteiger partial charge >= 0.3 is 0 Å². The predicted octanol–water partition coefficient (Wildman–Crippen LogP) is 8.34. The fourth-order valence-corrected chi connectivity index (χ4v) is 6.20. The Bertz CT molecular complexity index is 2240. The molecule has 0 spiro atoms. The fourth-order valence-electron chi connectivity index (χ4n) is 5.40. The lowest BCUT2D eigenvalue weighted by atomic mass is 10.0. The van der Waals surface area contributed by atoms with Gasteiger partial charge in [-0.3, -0.25) is 0 Å². The lowest BCUT2D eigenvalue weighted by Gasteiger charge is -2.11. The van der Waals surface area contributed by atoms with Gasteiger partial charge in [-0.1, -0.05) is 122 Å². The summed E-state index contributed by atoms with van der Waals surface area (Å²) in [4.78, 5) is 15.8. The van der Waals surface area contributed by atoms with E-state index in [1.54, 1.807) is 0 Å². The SMILES string of the molecule is C=C/C=c1\c(=C)c2ccccc2n1-c1cccc(Sc2nc(-c3ccccc3)nc(-c3cccc(-c4ccccc4)c3)n2)c1. The second kappa shape index (κ2) is 12.0. The van der Waals surface area contributed by atoms with E-state index in [9.17, 15) is 0 Å². The fraction of sp³-hybridized carbons (Fsp3) is 0. The second-order valence-corrected chi connectivity index (χ2v) is 11.3. The molecule has 0 radical (unpaired) electrons. The smallest absolute Gasteiger partial charge is 0.196 e. The van der Waals surface area contributed by atoms with E-state index >= 15 is 0 Å². The van der Waals surface area contributed by atoms with Crippen molar-refractivity contribution in [3.63, 3.8) is 0 Å². The summed E-state index contributed by atoms with van der Waals surface area (Å²) < 4.78 is 2.23. The van der Waals surface area contributed by atoms with Crippen LogP contribution in [-0.4, -0.2) is 19.5 Å². The van der Waals surface area contributed by atoms with E-state index in [1.165, 1.54) is 11.8 Å². The molecule has 7 rings (SSSR count). The molecular weight excluding hydrogens is 557 g/mol. The molecular formula is C39H28N4S. The summed E-state index contributed by atoms with van der Waals surface area (Å²) >= 11 is 1.52. The standard InChI is InChI=1S/C39H28N4S/c1-3-14-35-27(2)34-23-10-11-24-36(34)43(35)32-21-13-22-33(26-32)44-39-41-37(29-17-8-5-9-18-29)40-38(42-39)31-20-12-19-30(25-31)28-15-6-4-7-16-28/h3-26H,1-2H2/b35-14+. The van der Waals surface area contributed by atoms with E-state index in [2.05, 4.69) is 96.6 Å². The van der Waals surface area contributed by atoms with Gasteiger partial charge in [0.2, 0.25) is 0 Å². The van der Waals surface area contributed by atoms with Crippen molar-refractivity contribution in [1.82, 2.24) is 19.5 Å². The van der Waals surface area contributed by atoms with Crippen molar-refractivity contribution in [1.29, 1.82) is 0 Å². The average molecular weight is 585 g/mol. The molecule has 0 unspecified atom stereocenters. The van der Waals surface area contributed by atoms with Crippen LogP contribution in [0.25, 0.3) is 63.1 Å². The summed E-state index contributed by atoms with van der Waals surface area (Å²) in [5.41, 5.74) is 6.27. The molecule has 7 aromatic rings. The third kappa shape index (κ3) is 5.37. The Hall–Kier alpha value is -5.52. The molecule has 5 aromatic carbocycles. The topological polar surface area (TPSA) is 43.6 Å². The minimum Gasteiger partial charge on any atom is -0.309 e. The summed E-state index contributed by atoms with van der Waals surface area (Å²) in [5, 5.41) is 3.73. The quantitative estimate of drug-likeness (QED) is 0.189. The van der Waals surface area contributed by atoms with Crippen molar-refractivity contribution in [3.8, 4) is 39.6 Å². The molecule has 0 aliphatic heterocycles. The molecule has 0 aliphatic carbocycles. The first kappa shape index (κ1) is 27.3. The van der Waals surface area contributed by atoms with Gasteiger partial charge in [0.25, 0.3) is 0 Å². The number of aromatic nitrogens is 4. The molecule has 210 valence electrons. The second-order valence-electron chi connectivity index (χ2n) is 10.3. The lowest BCUT2D eigenvalue weighted by Crippen LogP contribution is -2.26. The van der Waals surface area contributed by atoms with Crippen LogP contribution < -0.4 is 10.6 Å². The molecule has 0 atom stereocenters. The summed E-state index contributed by atoms with van der Waals surface area (Å²) in [6.45, 7) is 8.32. The molecule has 2 heterocycles. The van der Waals surface area contributed by atoms with Crippen molar-refractivity contribution in [2.45, 2.75) is 10.1 Å². The highest BCUT2D eigenvalue weighted by atomic mass is 32.2. The van der Waals surface area contributed by atoms with Crippen LogP contribution in [0.3, 0.4) is 0 Å². The summed E-state index contributed by atoms with van der Waals surface area (Å²) in [6.07, 6.45) is 3.82. The summed E-state index contributed by atoms with van der Waals surface area (Å²) in [6, 6.07) is 45.5. The largest absolute Gasteiger partial charge is 0.309 e. The van der Waals surface area contributed by atoms with Crippen LogP contribution in [0.5, 0.6) is 0 Å². The van der Waals surface area contributed by atoms with Gasteiger partial charge in [-0.05, 0) is 59.3 Å². The van der Waals surface area contributed by atoms with Crippen molar-refractivity contribution in [2.75, 3.05) is 0 Å². The Labute approximate surface area is 260 Å². The number of benzene rings is 5. The highest BCUT2D eigenvalue weighted by molar-refractivity contribution is 7.99. The third-order valence-corrected chi connectivity index (χ3v) is 8.31. The molecule has 0 N–H and O–H groups in total. The molecule has 0 aliphatic rings. The Balaban J connectivity index is 1.32. The van der Waals surface area contributed by atoms with E-state index in [0.29, 0.717) is 16.8 Å². The zero-order chi connectivity index (χ0) is 29.9. The first-order chi connectivity index (χ1) is 21.7. The van der Waals surface area contributed by atoms with Crippen LogP contribution in [0.15, 0.2) is 156 Å². The zero-order valence-electron chi connectivity index (χ0n) is 24.0. The third-order valence-electron chi connectivity index (χ3n) is 7.46. The number of hydrogen-bond acceptors (Lipinski definition) is 4. The maximum Gasteiger partial charge on any atom is 0.196 e. The number of rotatable bonds is 7. The van der Waals surface area contributed by atoms with Gasteiger partial charge < -0.3 is 4.57 Å². The van der Waals surface area contributed by atoms with E-state index in [-0.39, 0.29) is 0 Å². The van der Waals surface area contributed by atoms with Crippen molar-refractivity contribution < 1.29 is 0 Å². The Morgan fingerprint density at radius 1 is 0.591 bits per heavy atom. The number of nitrogens with zero attached hydrogens (tertiary/aromatic N) is 4. The van der Waals surface area contributed by atoms with Gasteiger partial charge in [0, 0.05) is 32.3 Å². The molecule has 0 saturated heterocycles. The monoisotopic (exact) mass is 584 g/mol. The van der Waals surface area contributed by atoms with Gasteiger partial charge in [0.1, 0.15) is 0 Å². The molecule has 5 heteroatoms. The van der Waals surface area contributed by atoms with Crippen LogP contribution in [0.2, 0.25) is 0 Å². The highest BCUT2D eigenvalue weighted by Gasteiger charge is 2.14. The molecule has 2 aromatic heterocycles. The molecule has 4 nitrogen and oxygen atoms in total. The van der Waals surface area contributed by atoms with Gasteiger partial charge in [0.05, 0.1) is 10.9 Å². The highest BCUT2D eigenvalue weighted by Crippen LogP contribution is 2.31. The van der Waals surface area contributed by atoms with Crippen LogP contribution >= 0.6 is 11.8 Å². The molecule has 0 amide bonds. The summed E-state index contributed by atoms with van der Waals surface area (Å²) in [5.74, 6) is 1.27. The number of fused-ring (bicyclic) bond motifs is 1. The van der Waals surface area contributed by atoms with E-state index < -0.39 is 0 Å². The maximum absolute atomic E-state index is 4.97. The normalized spacial score (nSPS) is 11.6. The minimum absolute atomic E-state index is 0.629. The Morgan fingerprint density at radius 3 is 2.00 bits per heavy atom. The first-order valence-electron chi connectivity index (χ1n) is 14.3. The number of para-hydroxylation sites is 1. The van der Waals surface area contributed by atoms with Crippen LogP contribution in [-0.2, 0) is 0 Å². The van der Waals surface area contributed by atoms with E-state index in [1.807, 2.05) is 66.7 Å². The van der Waals surface area contributed by atoms with E-state index in [0.717, 1.165) is 54.3 Å². The average Bonchev–Trinajstić information content (AvgIpc) is 3.36. The molecule has 0 saturated carbocycles. The number of allylic oxidation sites excluding steroid dienone is 1. The Kier molecular flexibility index (Phi) is 7.45. The zero-order valence-corrected chi connectivity index (χ0v) is 24.8. The summed E-state index contributed by atoms with van der Waals surface area (Å²) in [7, 11) is 0. The van der Waals surface area contributed by atoms with Crippen LogP contribution in [0.1, 0.15) is 0 Å². The Morgan fingerprint density at radius 2 is 1.23 bits per heavy atom. The van der Waals surface area contributed by atoms with E-state index in [4.69, 9.17) is 15.0 Å². The minimum atomic E-state index is 0.629. The van der Waals surface area contributed by atoms with Gasteiger partial charge in [-0.15, -0.1) is 0 Å². The van der Waals surface area contributed by atoms with Crippen molar-refractivity contribution in [3.05, 3.63) is 157 Å². The molecule has 0 bridgehead atoms. The van der Waals surface area contributed by atoms with Crippen molar-refractivity contribution in [2.24, 2.45) is 0 Å². The molecule has 44 heavy (non-hydrogen) atoms. The van der Waals surface area contributed by atoms with Crippen LogP contribution in [0.4, 0.5) is 0 Å². The van der Waals surface area contributed by atoms with Gasteiger partial charge in [-0.2, -0.15) is 0 Å². The van der Waals surface area contributed by atoms with Crippen molar-refractivity contribution >= 4 is 35.3 Å². The first-order valence-corrected chi connectivity index (χ1v) is 15.2. The predicted molar refractivity (Wildman–Crippen MR) is 183 cm³/mol. The number of hydrogen-bond donors (Lipinski definition) is 0. The molecule has 0 fully saturated rings. The van der Waals surface area contributed by atoms with Gasteiger partial charge in [-0.25, -0.2) is 15.0 Å².